The number of Topliss-reactive ketones (excluding diaryl/α,β-unsaturated/α-hetero) is 1. The number of halogens is 1. The molecular weight excluding hydrogens is 398 g/mol. The van der Waals surface area contributed by atoms with Crippen molar-refractivity contribution in [2.75, 3.05) is 50.8 Å². The van der Waals surface area contributed by atoms with Gasteiger partial charge in [0.05, 0.1) is 6.10 Å². The van der Waals surface area contributed by atoms with E-state index >= 15 is 0 Å². The van der Waals surface area contributed by atoms with E-state index in [4.69, 9.17) is 4.74 Å². The van der Waals surface area contributed by atoms with Crippen molar-refractivity contribution >= 4 is 33.4 Å². The molecule has 0 aromatic heterocycles. The Hall–Kier alpha value is -1.60. The van der Waals surface area contributed by atoms with Gasteiger partial charge in [-0.15, -0.1) is 0 Å². The number of benzene rings is 1. The van der Waals surface area contributed by atoms with E-state index in [0.717, 1.165) is 43.6 Å². The van der Waals surface area contributed by atoms with Crippen molar-refractivity contribution in [1.82, 2.24) is 9.80 Å². The molecule has 0 spiro atoms. The number of nitrogens with zero attached hydrogens (tertiary/aromatic N) is 3. The zero-order valence-corrected chi connectivity index (χ0v) is 16.4. The van der Waals surface area contributed by atoms with Gasteiger partial charge in [0.15, 0.2) is 5.78 Å². The fourth-order valence-corrected chi connectivity index (χ4v) is 4.42. The van der Waals surface area contributed by atoms with E-state index < -0.39 is 0 Å². The number of anilines is 1. The lowest BCUT2D eigenvalue weighted by atomic mass is 9.88. The lowest BCUT2D eigenvalue weighted by Gasteiger charge is -2.43. The number of carbonyl (C=O) groups excluding carboxylic acids is 2. The summed E-state index contributed by atoms with van der Waals surface area (Å²) in [7, 11) is 0. The molecule has 0 unspecified atom stereocenters. The van der Waals surface area contributed by atoms with Gasteiger partial charge in [0.1, 0.15) is 6.61 Å². The largest absolute Gasteiger partial charge is 0.370 e. The number of piperidine rings is 1. The van der Waals surface area contributed by atoms with Crippen LogP contribution in [0, 0.1) is 5.92 Å². The summed E-state index contributed by atoms with van der Waals surface area (Å²) < 4.78 is 6.70. The van der Waals surface area contributed by atoms with E-state index in [-0.39, 0.29) is 30.4 Å². The average Bonchev–Trinajstić information content (AvgIpc) is 2.67. The van der Waals surface area contributed by atoms with Crippen molar-refractivity contribution in [3.8, 4) is 0 Å². The first-order valence-corrected chi connectivity index (χ1v) is 10.1. The van der Waals surface area contributed by atoms with Crippen molar-refractivity contribution in [3.05, 3.63) is 28.7 Å². The van der Waals surface area contributed by atoms with Gasteiger partial charge in [-0.05, 0) is 30.7 Å². The fraction of sp³-hybridized carbons (Fsp3) is 0.579. The molecule has 7 heteroatoms. The molecule has 3 aliphatic rings. The highest BCUT2D eigenvalue weighted by molar-refractivity contribution is 9.10. The normalized spacial score (nSPS) is 26.7. The first-order chi connectivity index (χ1) is 12.6. The molecule has 2 amide bonds. The number of rotatable bonds is 1. The predicted molar refractivity (Wildman–Crippen MR) is 102 cm³/mol. The highest BCUT2D eigenvalue weighted by atomic mass is 79.9. The van der Waals surface area contributed by atoms with E-state index in [1.807, 2.05) is 21.9 Å². The van der Waals surface area contributed by atoms with Gasteiger partial charge in [0.2, 0.25) is 0 Å². The topological polar surface area (TPSA) is 53.1 Å². The molecule has 1 aromatic rings. The Kier molecular flexibility index (Phi) is 5.18. The zero-order chi connectivity index (χ0) is 18.1. The van der Waals surface area contributed by atoms with Gasteiger partial charge in [0.25, 0.3) is 0 Å². The maximum Gasteiger partial charge on any atom is 0.320 e. The Morgan fingerprint density at radius 3 is 2.50 bits per heavy atom. The Bertz CT molecular complexity index is 673. The number of hydrogen-bond donors (Lipinski definition) is 0. The highest BCUT2D eigenvalue weighted by Gasteiger charge is 2.38. The smallest absolute Gasteiger partial charge is 0.320 e. The molecule has 3 fully saturated rings. The molecule has 0 bridgehead atoms. The van der Waals surface area contributed by atoms with Crippen LogP contribution in [0.4, 0.5) is 10.5 Å². The number of likely N-dealkylation sites (tertiary alicyclic amines) is 1. The molecule has 0 aliphatic carbocycles. The van der Waals surface area contributed by atoms with Crippen LogP contribution in [0.3, 0.4) is 0 Å². The van der Waals surface area contributed by atoms with E-state index in [9.17, 15) is 9.59 Å². The SMILES string of the molecule is O=C1CO[C@H]2CCN(C(=O)N3CCN(c4ccc(Br)cc4)CC3)C[C@H]2C1. The number of fused-ring (bicyclic) bond motifs is 1. The minimum Gasteiger partial charge on any atom is -0.370 e. The molecule has 0 saturated carbocycles. The quantitative estimate of drug-likeness (QED) is 0.698. The van der Waals surface area contributed by atoms with Crippen LogP contribution in [0.5, 0.6) is 0 Å². The number of amides is 2. The molecule has 0 radical (unpaired) electrons. The lowest BCUT2D eigenvalue weighted by molar-refractivity contribution is -0.139. The first-order valence-electron chi connectivity index (χ1n) is 9.28. The van der Waals surface area contributed by atoms with Crippen LogP contribution in [-0.2, 0) is 9.53 Å². The maximum absolute atomic E-state index is 12.9. The van der Waals surface area contributed by atoms with Crippen molar-refractivity contribution in [1.29, 1.82) is 0 Å². The standard InChI is InChI=1S/C19H24BrN3O3/c20-15-1-3-16(4-2-15)21-7-9-22(10-8-21)19(25)23-6-5-18-14(12-23)11-17(24)13-26-18/h1-4,14,18H,5-13H2/t14-,18+/m1/s1. The summed E-state index contributed by atoms with van der Waals surface area (Å²) in [6.45, 7) is 4.75. The highest BCUT2D eigenvalue weighted by Crippen LogP contribution is 2.28. The summed E-state index contributed by atoms with van der Waals surface area (Å²) in [6.07, 6.45) is 1.53. The van der Waals surface area contributed by atoms with Gasteiger partial charge >= 0.3 is 6.03 Å². The summed E-state index contributed by atoms with van der Waals surface area (Å²) in [5, 5.41) is 0. The van der Waals surface area contributed by atoms with Crippen molar-refractivity contribution in [2.45, 2.75) is 18.9 Å². The zero-order valence-electron chi connectivity index (χ0n) is 14.8. The minimum atomic E-state index is 0.108. The van der Waals surface area contributed by atoms with Crippen LogP contribution in [0.1, 0.15) is 12.8 Å². The summed E-state index contributed by atoms with van der Waals surface area (Å²) in [4.78, 5) is 30.7. The van der Waals surface area contributed by atoms with Crippen LogP contribution < -0.4 is 4.90 Å². The third kappa shape index (κ3) is 3.74. The van der Waals surface area contributed by atoms with Crippen LogP contribution in [0.25, 0.3) is 0 Å². The van der Waals surface area contributed by atoms with Crippen molar-refractivity contribution in [3.63, 3.8) is 0 Å². The van der Waals surface area contributed by atoms with Crippen molar-refractivity contribution in [2.24, 2.45) is 5.92 Å². The Balaban J connectivity index is 1.32. The van der Waals surface area contributed by atoms with Gasteiger partial charge in [-0.25, -0.2) is 4.79 Å². The molecule has 3 saturated heterocycles. The van der Waals surface area contributed by atoms with Gasteiger partial charge in [-0.2, -0.15) is 0 Å². The predicted octanol–water partition coefficient (Wildman–Crippen LogP) is 2.37. The summed E-state index contributed by atoms with van der Waals surface area (Å²) >= 11 is 3.46. The Morgan fingerprint density at radius 1 is 1.04 bits per heavy atom. The van der Waals surface area contributed by atoms with Crippen LogP contribution in [-0.4, -0.2) is 73.6 Å². The van der Waals surface area contributed by atoms with E-state index in [0.29, 0.717) is 13.0 Å². The molecule has 26 heavy (non-hydrogen) atoms. The second-order valence-electron chi connectivity index (χ2n) is 7.32. The van der Waals surface area contributed by atoms with E-state index in [1.54, 1.807) is 0 Å². The van der Waals surface area contributed by atoms with Crippen LogP contribution in [0.15, 0.2) is 28.7 Å². The Morgan fingerprint density at radius 2 is 1.77 bits per heavy atom. The number of piperazine rings is 1. The molecule has 140 valence electrons. The molecule has 1 aromatic carbocycles. The van der Waals surface area contributed by atoms with Gasteiger partial charge in [-0.1, -0.05) is 15.9 Å². The molecule has 2 atom stereocenters. The summed E-state index contributed by atoms with van der Waals surface area (Å²) in [5.74, 6) is 0.321. The molecule has 0 N–H and O–H groups in total. The molecule has 3 heterocycles. The van der Waals surface area contributed by atoms with Gasteiger partial charge in [-0.3, -0.25) is 4.79 Å². The molecule has 4 rings (SSSR count). The van der Waals surface area contributed by atoms with E-state index in [2.05, 4.69) is 33.0 Å². The minimum absolute atomic E-state index is 0.108. The molecule has 3 aliphatic heterocycles. The van der Waals surface area contributed by atoms with Crippen LogP contribution in [0.2, 0.25) is 0 Å². The number of carbonyl (C=O) groups is 2. The number of urea groups is 1. The van der Waals surface area contributed by atoms with Gasteiger partial charge < -0.3 is 19.4 Å². The second kappa shape index (κ2) is 7.56. The lowest BCUT2D eigenvalue weighted by Crippen LogP contribution is -2.57. The fourth-order valence-electron chi connectivity index (χ4n) is 4.16. The molecule has 6 nitrogen and oxygen atoms in total. The third-order valence-electron chi connectivity index (χ3n) is 5.62. The second-order valence-corrected chi connectivity index (χ2v) is 8.24. The number of ketones is 1. The van der Waals surface area contributed by atoms with Gasteiger partial charge in [0, 0.05) is 61.8 Å². The Labute approximate surface area is 162 Å². The third-order valence-corrected chi connectivity index (χ3v) is 6.15. The molecular formula is C19H24BrN3O3. The summed E-state index contributed by atoms with van der Waals surface area (Å²) in [6, 6.07) is 8.41. The van der Waals surface area contributed by atoms with Crippen molar-refractivity contribution < 1.29 is 14.3 Å². The van der Waals surface area contributed by atoms with Crippen LogP contribution >= 0.6 is 15.9 Å². The maximum atomic E-state index is 12.9. The first kappa shape index (κ1) is 17.8. The summed E-state index contributed by atoms with van der Waals surface area (Å²) in [5.41, 5.74) is 1.19. The van der Waals surface area contributed by atoms with E-state index in [1.165, 1.54) is 5.69 Å². The monoisotopic (exact) mass is 421 g/mol. The number of hydrogen-bond acceptors (Lipinski definition) is 4. The number of ether oxygens (including phenoxy) is 1. The average molecular weight is 422 g/mol.